The molecule has 1 aromatic carbocycles. The molecule has 2 N–H and O–H groups in total. The molecule has 0 atom stereocenters. The predicted molar refractivity (Wildman–Crippen MR) is 49.2 cm³/mol. The molecule has 13 heavy (non-hydrogen) atoms. The Balaban J connectivity index is 3.07. The highest BCUT2D eigenvalue weighted by Gasteiger charge is 1.99. The number of hydrogen-bond donors (Lipinski definition) is 1. The Hall–Kier alpha value is -2.08. The second-order valence-electron chi connectivity index (χ2n) is 2.44. The second-order valence-corrected chi connectivity index (χ2v) is 2.44. The molecule has 1 aromatic rings. The normalized spacial score (nSPS) is 10.5. The van der Waals surface area contributed by atoms with Crippen LogP contribution >= 0.6 is 0 Å². The first kappa shape index (κ1) is 9.01. The van der Waals surface area contributed by atoms with Crippen LogP contribution in [0, 0.1) is 11.3 Å². The minimum absolute atomic E-state index is 0.285. The molecule has 0 saturated heterocycles. The van der Waals surface area contributed by atoms with Crippen molar-refractivity contribution < 1.29 is 4.79 Å². The number of hydrogen-bond acceptors (Lipinski definition) is 2. The summed E-state index contributed by atoms with van der Waals surface area (Å²) in [5.41, 5.74) is 5.92. The minimum atomic E-state index is -0.611. The molecule has 0 bridgehead atoms. The van der Waals surface area contributed by atoms with Gasteiger partial charge < -0.3 is 5.73 Å². The van der Waals surface area contributed by atoms with E-state index in [1.807, 2.05) is 12.1 Å². The van der Waals surface area contributed by atoms with Gasteiger partial charge in [-0.15, -0.1) is 0 Å². The van der Waals surface area contributed by atoms with E-state index in [0.717, 1.165) is 6.08 Å². The smallest absolute Gasteiger partial charge is 0.242 e. The minimum Gasteiger partial charge on any atom is -0.366 e. The second kappa shape index (κ2) is 4.07. The number of primary amides is 1. The van der Waals surface area contributed by atoms with Crippen molar-refractivity contribution in [3.8, 4) is 6.07 Å². The van der Waals surface area contributed by atoms with Crippen LogP contribution in [0.4, 0.5) is 0 Å². The van der Waals surface area contributed by atoms with E-state index in [0.29, 0.717) is 5.56 Å². The zero-order valence-electron chi connectivity index (χ0n) is 6.90. The maximum absolute atomic E-state index is 10.5. The van der Waals surface area contributed by atoms with Gasteiger partial charge in [0.25, 0.3) is 0 Å². The fourth-order valence-corrected chi connectivity index (χ4v) is 0.940. The van der Waals surface area contributed by atoms with Gasteiger partial charge in [0.05, 0.1) is 11.6 Å². The first-order valence-electron chi connectivity index (χ1n) is 3.70. The molecule has 3 heteroatoms. The Labute approximate surface area is 76.1 Å². The summed E-state index contributed by atoms with van der Waals surface area (Å²) in [5, 5.41) is 8.70. The van der Waals surface area contributed by atoms with Crippen molar-refractivity contribution in [1.82, 2.24) is 0 Å². The topological polar surface area (TPSA) is 66.9 Å². The lowest BCUT2D eigenvalue weighted by molar-refractivity contribution is -0.113. The molecule has 0 aliphatic rings. The SMILES string of the molecule is N#CC(=CC(N)=O)c1ccccc1. The van der Waals surface area contributed by atoms with E-state index >= 15 is 0 Å². The van der Waals surface area contributed by atoms with Crippen LogP contribution in [0.5, 0.6) is 0 Å². The van der Waals surface area contributed by atoms with E-state index in [4.69, 9.17) is 11.0 Å². The van der Waals surface area contributed by atoms with Crippen LogP contribution in [0.2, 0.25) is 0 Å². The van der Waals surface area contributed by atoms with E-state index in [1.165, 1.54) is 0 Å². The van der Waals surface area contributed by atoms with E-state index in [9.17, 15) is 4.79 Å². The highest BCUT2D eigenvalue weighted by molar-refractivity contribution is 5.97. The third kappa shape index (κ3) is 2.46. The van der Waals surface area contributed by atoms with Crippen molar-refractivity contribution in [2.24, 2.45) is 5.73 Å². The van der Waals surface area contributed by atoms with Crippen LogP contribution in [0.3, 0.4) is 0 Å². The summed E-state index contributed by atoms with van der Waals surface area (Å²) in [5.74, 6) is -0.611. The first-order valence-corrected chi connectivity index (χ1v) is 3.70. The van der Waals surface area contributed by atoms with Crippen molar-refractivity contribution >= 4 is 11.5 Å². The molecule has 0 aliphatic heterocycles. The molecule has 0 unspecified atom stereocenters. The third-order valence-electron chi connectivity index (χ3n) is 1.49. The first-order chi connectivity index (χ1) is 6.24. The zero-order chi connectivity index (χ0) is 9.68. The molecule has 0 radical (unpaired) electrons. The van der Waals surface area contributed by atoms with E-state index in [-0.39, 0.29) is 5.57 Å². The van der Waals surface area contributed by atoms with Crippen LogP contribution in [0.1, 0.15) is 5.56 Å². The molecule has 1 amide bonds. The summed E-state index contributed by atoms with van der Waals surface area (Å²) in [6, 6.07) is 10.8. The Kier molecular flexibility index (Phi) is 2.82. The van der Waals surface area contributed by atoms with Crippen LogP contribution in [-0.4, -0.2) is 5.91 Å². The molecule has 64 valence electrons. The Morgan fingerprint density at radius 2 is 2.00 bits per heavy atom. The van der Waals surface area contributed by atoms with Gasteiger partial charge in [0.2, 0.25) is 5.91 Å². The summed E-state index contributed by atoms with van der Waals surface area (Å²) < 4.78 is 0. The van der Waals surface area contributed by atoms with Gasteiger partial charge in [0, 0.05) is 6.08 Å². The molecular weight excluding hydrogens is 164 g/mol. The van der Waals surface area contributed by atoms with Gasteiger partial charge in [0.15, 0.2) is 0 Å². The standard InChI is InChI=1S/C10H8N2O/c11-7-9(6-10(12)13)8-4-2-1-3-5-8/h1-6H,(H2,12,13). The molecule has 1 rings (SSSR count). The average Bonchev–Trinajstić information content (AvgIpc) is 2.15. The number of allylic oxidation sites excluding steroid dienone is 1. The number of nitrogens with zero attached hydrogens (tertiary/aromatic N) is 1. The van der Waals surface area contributed by atoms with E-state index < -0.39 is 5.91 Å². The largest absolute Gasteiger partial charge is 0.366 e. The Morgan fingerprint density at radius 3 is 2.46 bits per heavy atom. The molecule has 0 saturated carbocycles. The predicted octanol–water partition coefficient (Wildman–Crippen LogP) is 1.08. The molecule has 0 heterocycles. The molecule has 0 aliphatic carbocycles. The van der Waals surface area contributed by atoms with Crippen LogP contribution in [-0.2, 0) is 4.79 Å². The van der Waals surface area contributed by atoms with Crippen molar-refractivity contribution in [1.29, 1.82) is 5.26 Å². The summed E-state index contributed by atoms with van der Waals surface area (Å²) in [4.78, 5) is 10.5. The Bertz CT molecular complexity index is 374. The van der Waals surface area contributed by atoms with Crippen molar-refractivity contribution in [2.45, 2.75) is 0 Å². The number of rotatable bonds is 2. The number of carbonyl (C=O) groups excluding carboxylic acids is 1. The fourth-order valence-electron chi connectivity index (χ4n) is 0.940. The third-order valence-corrected chi connectivity index (χ3v) is 1.49. The van der Waals surface area contributed by atoms with Crippen molar-refractivity contribution in [3.63, 3.8) is 0 Å². The summed E-state index contributed by atoms with van der Waals surface area (Å²) in [7, 11) is 0. The van der Waals surface area contributed by atoms with Gasteiger partial charge in [-0.05, 0) is 5.56 Å². The van der Waals surface area contributed by atoms with Crippen LogP contribution in [0.15, 0.2) is 36.4 Å². The lowest BCUT2D eigenvalue weighted by Crippen LogP contribution is -2.06. The number of benzene rings is 1. The van der Waals surface area contributed by atoms with Gasteiger partial charge in [-0.3, -0.25) is 4.79 Å². The van der Waals surface area contributed by atoms with E-state index in [1.54, 1.807) is 24.3 Å². The summed E-state index contributed by atoms with van der Waals surface area (Å²) in [6.45, 7) is 0. The van der Waals surface area contributed by atoms with E-state index in [2.05, 4.69) is 0 Å². The summed E-state index contributed by atoms with van der Waals surface area (Å²) >= 11 is 0. The summed E-state index contributed by atoms with van der Waals surface area (Å²) in [6.07, 6.45) is 1.12. The molecule has 0 spiro atoms. The Morgan fingerprint density at radius 1 is 1.38 bits per heavy atom. The average molecular weight is 172 g/mol. The molecule has 0 fully saturated rings. The van der Waals surface area contributed by atoms with Gasteiger partial charge in [0.1, 0.15) is 0 Å². The monoisotopic (exact) mass is 172 g/mol. The van der Waals surface area contributed by atoms with Crippen LogP contribution < -0.4 is 5.73 Å². The lowest BCUT2D eigenvalue weighted by Gasteiger charge is -1.95. The zero-order valence-corrected chi connectivity index (χ0v) is 6.90. The molecular formula is C10H8N2O. The molecule has 0 aromatic heterocycles. The van der Waals surface area contributed by atoms with Crippen molar-refractivity contribution in [3.05, 3.63) is 42.0 Å². The highest BCUT2D eigenvalue weighted by atomic mass is 16.1. The number of amides is 1. The van der Waals surface area contributed by atoms with Crippen LogP contribution in [0.25, 0.3) is 5.57 Å². The quantitative estimate of drug-likeness (QED) is 0.535. The lowest BCUT2D eigenvalue weighted by atomic mass is 10.1. The highest BCUT2D eigenvalue weighted by Crippen LogP contribution is 2.11. The molecule has 3 nitrogen and oxygen atoms in total. The number of nitriles is 1. The van der Waals surface area contributed by atoms with Gasteiger partial charge in [-0.1, -0.05) is 30.3 Å². The number of carbonyl (C=O) groups is 1. The number of nitrogens with two attached hydrogens (primary N) is 1. The van der Waals surface area contributed by atoms with Crippen molar-refractivity contribution in [2.75, 3.05) is 0 Å². The van der Waals surface area contributed by atoms with Gasteiger partial charge in [-0.2, -0.15) is 5.26 Å². The van der Waals surface area contributed by atoms with Gasteiger partial charge in [-0.25, -0.2) is 0 Å². The maximum Gasteiger partial charge on any atom is 0.242 e. The van der Waals surface area contributed by atoms with Gasteiger partial charge >= 0.3 is 0 Å². The fraction of sp³-hybridized carbons (Fsp3) is 0. The maximum atomic E-state index is 10.5.